The number of halogens is 3. The first-order valence-corrected chi connectivity index (χ1v) is 9.86. The van der Waals surface area contributed by atoms with Crippen LogP contribution in [0.2, 0.25) is 0 Å². The molecule has 10 nitrogen and oxygen atoms in total. The molecule has 13 heteroatoms. The van der Waals surface area contributed by atoms with Gasteiger partial charge in [-0.15, -0.1) is 0 Å². The average molecular weight is 456 g/mol. The van der Waals surface area contributed by atoms with Gasteiger partial charge in [-0.05, 0) is 18.8 Å². The largest absolute Gasteiger partial charge is 0.490 e. The van der Waals surface area contributed by atoms with E-state index in [1.165, 1.54) is 19.2 Å². The molecule has 4 rings (SSSR count). The fraction of sp³-hybridized carbons (Fsp3) is 0.526. The minimum Gasteiger partial charge on any atom is -0.481 e. The number of hydrogen-bond donors (Lipinski definition) is 2. The lowest BCUT2D eigenvalue weighted by Gasteiger charge is -2.35. The van der Waals surface area contributed by atoms with Crippen LogP contribution < -0.4 is 15.0 Å². The number of amides is 1. The molecule has 0 radical (unpaired) electrons. The van der Waals surface area contributed by atoms with Crippen LogP contribution >= 0.6 is 0 Å². The fourth-order valence-corrected chi connectivity index (χ4v) is 3.23. The van der Waals surface area contributed by atoms with Crippen molar-refractivity contribution in [3.05, 3.63) is 30.6 Å². The van der Waals surface area contributed by atoms with E-state index >= 15 is 0 Å². The molecule has 1 aliphatic heterocycles. The molecule has 1 unspecified atom stereocenters. The summed E-state index contributed by atoms with van der Waals surface area (Å²) in [6, 6.07) is 1.95. The SMILES string of the molecule is COc1cc(N2Cc3cncn3C(CNC(=O)CC3CC3)C2)ncn1.O=C(O)C(F)(F)F. The van der Waals surface area contributed by atoms with Gasteiger partial charge in [0.25, 0.3) is 0 Å². The number of nitrogens with zero attached hydrogens (tertiary/aromatic N) is 5. The number of anilines is 1. The summed E-state index contributed by atoms with van der Waals surface area (Å²) in [6.07, 6.45) is 3.15. The first-order chi connectivity index (χ1) is 15.2. The molecule has 32 heavy (non-hydrogen) atoms. The van der Waals surface area contributed by atoms with Crippen LogP contribution in [0.25, 0.3) is 0 Å². The van der Waals surface area contributed by atoms with Gasteiger partial charge in [0.1, 0.15) is 12.1 Å². The third-order valence-electron chi connectivity index (χ3n) is 5.03. The van der Waals surface area contributed by atoms with Gasteiger partial charge in [-0.3, -0.25) is 4.79 Å². The van der Waals surface area contributed by atoms with Gasteiger partial charge in [0.2, 0.25) is 11.8 Å². The number of fused-ring (bicyclic) bond motifs is 1. The molecule has 1 aliphatic carbocycles. The highest BCUT2D eigenvalue weighted by Gasteiger charge is 2.38. The third-order valence-corrected chi connectivity index (χ3v) is 5.03. The Kier molecular flexibility index (Phi) is 7.15. The lowest BCUT2D eigenvalue weighted by atomic mass is 10.1. The third kappa shape index (κ3) is 6.31. The second-order valence-corrected chi connectivity index (χ2v) is 7.50. The number of hydrogen-bond acceptors (Lipinski definition) is 7. The smallest absolute Gasteiger partial charge is 0.481 e. The Labute approximate surface area is 181 Å². The Morgan fingerprint density at radius 2 is 2.03 bits per heavy atom. The predicted octanol–water partition coefficient (Wildman–Crippen LogP) is 1.79. The predicted molar refractivity (Wildman–Crippen MR) is 105 cm³/mol. The van der Waals surface area contributed by atoms with Crippen LogP contribution in [-0.2, 0) is 16.1 Å². The highest BCUT2D eigenvalue weighted by Crippen LogP contribution is 2.32. The second-order valence-electron chi connectivity index (χ2n) is 7.50. The molecule has 2 aromatic heterocycles. The normalized spacial score (nSPS) is 17.6. The number of carboxylic acid groups (broad SMARTS) is 1. The highest BCUT2D eigenvalue weighted by atomic mass is 19.4. The van der Waals surface area contributed by atoms with Crippen LogP contribution in [0.5, 0.6) is 5.88 Å². The van der Waals surface area contributed by atoms with Crippen molar-refractivity contribution in [2.75, 3.05) is 25.1 Å². The lowest BCUT2D eigenvalue weighted by Crippen LogP contribution is -2.42. The van der Waals surface area contributed by atoms with E-state index in [1.807, 2.05) is 18.6 Å². The van der Waals surface area contributed by atoms with E-state index in [4.69, 9.17) is 14.6 Å². The Hall–Kier alpha value is -3.38. The molecular formula is C19H23F3N6O4. The molecule has 1 atom stereocenters. The molecule has 3 heterocycles. The van der Waals surface area contributed by atoms with Gasteiger partial charge in [0.15, 0.2) is 0 Å². The molecule has 0 bridgehead atoms. The van der Waals surface area contributed by atoms with E-state index in [2.05, 4.69) is 29.7 Å². The molecular weight excluding hydrogens is 433 g/mol. The number of aliphatic carboxylic acids is 1. The van der Waals surface area contributed by atoms with Gasteiger partial charge in [-0.1, -0.05) is 0 Å². The summed E-state index contributed by atoms with van der Waals surface area (Å²) in [5, 5.41) is 10.2. The minimum absolute atomic E-state index is 0.121. The molecule has 1 saturated carbocycles. The summed E-state index contributed by atoms with van der Waals surface area (Å²) >= 11 is 0. The van der Waals surface area contributed by atoms with Gasteiger partial charge in [0, 0.05) is 31.8 Å². The van der Waals surface area contributed by atoms with Gasteiger partial charge in [-0.2, -0.15) is 13.2 Å². The Bertz CT molecular complexity index is 947. The van der Waals surface area contributed by atoms with Crippen molar-refractivity contribution >= 4 is 17.7 Å². The summed E-state index contributed by atoms with van der Waals surface area (Å²) < 4.78 is 39.1. The van der Waals surface area contributed by atoms with Gasteiger partial charge < -0.3 is 24.6 Å². The molecule has 1 amide bonds. The Morgan fingerprint density at radius 3 is 2.66 bits per heavy atom. The lowest BCUT2D eigenvalue weighted by molar-refractivity contribution is -0.192. The summed E-state index contributed by atoms with van der Waals surface area (Å²) in [4.78, 5) is 35.8. The zero-order chi connectivity index (χ0) is 23.3. The average Bonchev–Trinajstić information content (AvgIpc) is 3.43. The molecule has 0 spiro atoms. The Morgan fingerprint density at radius 1 is 1.31 bits per heavy atom. The van der Waals surface area contributed by atoms with Crippen molar-refractivity contribution in [3.8, 4) is 5.88 Å². The van der Waals surface area contributed by atoms with Crippen LogP contribution in [0.15, 0.2) is 24.9 Å². The molecule has 174 valence electrons. The molecule has 0 saturated heterocycles. The first kappa shape index (κ1) is 23.3. The number of nitrogens with one attached hydrogen (secondary N) is 1. The number of carboxylic acids is 1. The van der Waals surface area contributed by atoms with Crippen molar-refractivity contribution in [2.24, 2.45) is 5.92 Å². The molecule has 1 fully saturated rings. The van der Waals surface area contributed by atoms with Crippen molar-refractivity contribution in [1.82, 2.24) is 24.8 Å². The van der Waals surface area contributed by atoms with E-state index in [9.17, 15) is 18.0 Å². The quantitative estimate of drug-likeness (QED) is 0.675. The highest BCUT2D eigenvalue weighted by molar-refractivity contribution is 5.76. The maximum atomic E-state index is 12.0. The number of ether oxygens (including phenoxy) is 1. The van der Waals surface area contributed by atoms with E-state index in [1.54, 1.807) is 7.11 Å². The summed E-state index contributed by atoms with van der Waals surface area (Å²) in [5.74, 6) is -0.662. The van der Waals surface area contributed by atoms with Gasteiger partial charge in [0.05, 0.1) is 31.7 Å². The van der Waals surface area contributed by atoms with Crippen molar-refractivity contribution in [1.29, 1.82) is 0 Å². The molecule has 2 N–H and O–H groups in total. The monoisotopic (exact) mass is 456 g/mol. The van der Waals surface area contributed by atoms with Crippen LogP contribution in [0.3, 0.4) is 0 Å². The second kappa shape index (κ2) is 9.83. The number of alkyl halides is 3. The van der Waals surface area contributed by atoms with E-state index in [0.29, 0.717) is 31.3 Å². The van der Waals surface area contributed by atoms with Crippen LogP contribution in [-0.4, -0.2) is 62.9 Å². The molecule has 2 aliphatic rings. The summed E-state index contributed by atoms with van der Waals surface area (Å²) in [5.41, 5.74) is 1.10. The number of aromatic nitrogens is 4. The van der Waals surface area contributed by atoms with Crippen LogP contribution in [0.4, 0.5) is 19.0 Å². The zero-order valence-electron chi connectivity index (χ0n) is 17.2. The minimum atomic E-state index is -5.08. The topological polar surface area (TPSA) is 122 Å². The van der Waals surface area contributed by atoms with Crippen LogP contribution in [0, 0.1) is 5.92 Å². The van der Waals surface area contributed by atoms with E-state index in [-0.39, 0.29) is 11.9 Å². The number of imidazole rings is 1. The number of carbonyl (C=O) groups is 2. The fourth-order valence-electron chi connectivity index (χ4n) is 3.23. The summed E-state index contributed by atoms with van der Waals surface area (Å²) in [7, 11) is 1.59. The van der Waals surface area contributed by atoms with Gasteiger partial charge in [-0.25, -0.2) is 19.7 Å². The Balaban J connectivity index is 0.000000360. The summed E-state index contributed by atoms with van der Waals surface area (Å²) in [6.45, 7) is 2.05. The number of methoxy groups -OCH3 is 1. The first-order valence-electron chi connectivity index (χ1n) is 9.86. The molecule has 2 aromatic rings. The number of rotatable bonds is 6. The zero-order valence-corrected chi connectivity index (χ0v) is 17.2. The van der Waals surface area contributed by atoms with Crippen molar-refractivity contribution in [2.45, 2.75) is 38.0 Å². The van der Waals surface area contributed by atoms with Crippen molar-refractivity contribution < 1.29 is 32.6 Å². The maximum Gasteiger partial charge on any atom is 0.490 e. The number of carbonyl (C=O) groups excluding carboxylic acids is 1. The van der Waals surface area contributed by atoms with E-state index in [0.717, 1.165) is 18.1 Å². The van der Waals surface area contributed by atoms with E-state index < -0.39 is 12.1 Å². The van der Waals surface area contributed by atoms with Crippen molar-refractivity contribution in [3.63, 3.8) is 0 Å². The van der Waals surface area contributed by atoms with Gasteiger partial charge >= 0.3 is 12.1 Å². The standard InChI is InChI=1S/C17H22N6O2.C2HF3O2/c1-25-17-5-15(20-10-21-17)22-8-13-6-18-11-23(13)14(9-22)7-19-16(24)4-12-2-3-12;3-2(4,5)1(6)7/h5-6,10-12,14H,2-4,7-9H2,1H3,(H,19,24);(H,6,7). The van der Waals surface area contributed by atoms with Crippen LogP contribution in [0.1, 0.15) is 31.0 Å². The molecule has 0 aromatic carbocycles. The maximum absolute atomic E-state index is 12.0.